The first-order valence-electron chi connectivity index (χ1n) is 7.63. The first-order chi connectivity index (χ1) is 10.2. The second-order valence-electron chi connectivity index (χ2n) is 5.87. The van der Waals surface area contributed by atoms with Crippen LogP contribution in [0.4, 0.5) is 5.69 Å². The Kier molecular flexibility index (Phi) is 4.12. The minimum Gasteiger partial charge on any atom is -0.368 e. The third-order valence-corrected chi connectivity index (χ3v) is 4.30. The van der Waals surface area contributed by atoms with Crippen molar-refractivity contribution in [2.24, 2.45) is 0 Å². The van der Waals surface area contributed by atoms with Crippen LogP contribution in [-0.4, -0.2) is 62.3 Å². The molecular weight excluding hydrogens is 266 g/mol. The van der Waals surface area contributed by atoms with Crippen molar-refractivity contribution in [1.82, 2.24) is 10.2 Å². The lowest BCUT2D eigenvalue weighted by molar-refractivity contribution is -0.159. The molecule has 3 rings (SSSR count). The number of anilines is 1. The van der Waals surface area contributed by atoms with Gasteiger partial charge in [0.15, 0.2) is 5.60 Å². The summed E-state index contributed by atoms with van der Waals surface area (Å²) in [6.07, 6.45) is 0. The van der Waals surface area contributed by atoms with Crippen molar-refractivity contribution in [3.05, 3.63) is 30.3 Å². The smallest absolute Gasteiger partial charge is 0.255 e. The quantitative estimate of drug-likeness (QED) is 0.871. The average Bonchev–Trinajstić information content (AvgIpc) is 2.56. The maximum Gasteiger partial charge on any atom is 0.255 e. The Balaban J connectivity index is 1.59. The second kappa shape index (κ2) is 6.03. The summed E-state index contributed by atoms with van der Waals surface area (Å²) in [6, 6.07) is 10.4. The highest BCUT2D eigenvalue weighted by Gasteiger charge is 2.40. The molecule has 21 heavy (non-hydrogen) atoms. The minimum absolute atomic E-state index is 0.113. The lowest BCUT2D eigenvalue weighted by atomic mass is 10.0. The molecule has 2 heterocycles. The van der Waals surface area contributed by atoms with Crippen molar-refractivity contribution in [2.75, 3.05) is 50.8 Å². The predicted octanol–water partition coefficient (Wildman–Crippen LogP) is 0.714. The van der Waals surface area contributed by atoms with Gasteiger partial charge in [-0.1, -0.05) is 18.2 Å². The molecule has 2 fully saturated rings. The molecule has 114 valence electrons. The van der Waals surface area contributed by atoms with Crippen LogP contribution in [0.5, 0.6) is 0 Å². The summed E-state index contributed by atoms with van der Waals surface area (Å²) in [6.45, 7) is 7.19. The number of carbonyl (C=O) groups excluding carboxylic acids is 1. The highest BCUT2D eigenvalue weighted by atomic mass is 16.5. The zero-order valence-electron chi connectivity index (χ0n) is 12.5. The van der Waals surface area contributed by atoms with Crippen molar-refractivity contribution in [3.8, 4) is 0 Å². The molecule has 5 heteroatoms. The Morgan fingerprint density at radius 1 is 1.19 bits per heavy atom. The molecule has 0 spiro atoms. The average molecular weight is 289 g/mol. The van der Waals surface area contributed by atoms with Gasteiger partial charge in [0.05, 0.1) is 6.61 Å². The summed E-state index contributed by atoms with van der Waals surface area (Å²) in [5.41, 5.74) is 0.527. The zero-order chi connectivity index (χ0) is 14.7. The fraction of sp³-hybridized carbons (Fsp3) is 0.562. The van der Waals surface area contributed by atoms with Crippen LogP contribution >= 0.6 is 0 Å². The molecule has 0 unspecified atom stereocenters. The van der Waals surface area contributed by atoms with E-state index in [1.165, 1.54) is 5.69 Å². The van der Waals surface area contributed by atoms with E-state index in [4.69, 9.17) is 4.74 Å². The number of nitrogens with one attached hydrogen (secondary N) is 1. The number of hydrogen-bond acceptors (Lipinski definition) is 4. The molecule has 1 aromatic rings. The van der Waals surface area contributed by atoms with Crippen LogP contribution in [0.25, 0.3) is 0 Å². The highest BCUT2D eigenvalue weighted by Crippen LogP contribution is 2.20. The molecule has 0 saturated carbocycles. The van der Waals surface area contributed by atoms with E-state index < -0.39 is 5.60 Å². The number of carbonyl (C=O) groups is 1. The lowest BCUT2D eigenvalue weighted by Crippen LogP contribution is -2.61. The molecule has 1 atom stereocenters. The Bertz CT molecular complexity index is 478. The number of morpholine rings is 1. The molecule has 2 aliphatic heterocycles. The van der Waals surface area contributed by atoms with Crippen molar-refractivity contribution in [3.63, 3.8) is 0 Å². The summed E-state index contributed by atoms with van der Waals surface area (Å²) in [7, 11) is 0. The summed E-state index contributed by atoms with van der Waals surface area (Å²) in [4.78, 5) is 16.9. The van der Waals surface area contributed by atoms with Crippen molar-refractivity contribution >= 4 is 11.6 Å². The molecular formula is C16H23N3O2. The number of benzene rings is 1. The van der Waals surface area contributed by atoms with Crippen LogP contribution in [-0.2, 0) is 9.53 Å². The topological polar surface area (TPSA) is 44.8 Å². The maximum atomic E-state index is 12.7. The number of hydrogen-bond donors (Lipinski definition) is 1. The molecule has 0 aliphatic carbocycles. The van der Waals surface area contributed by atoms with E-state index in [9.17, 15) is 4.79 Å². The van der Waals surface area contributed by atoms with Gasteiger partial charge >= 0.3 is 0 Å². The molecule has 5 nitrogen and oxygen atoms in total. The second-order valence-corrected chi connectivity index (χ2v) is 5.87. The minimum atomic E-state index is -0.701. The molecule has 1 N–H and O–H groups in total. The fourth-order valence-corrected chi connectivity index (χ4v) is 3.00. The fourth-order valence-electron chi connectivity index (χ4n) is 3.00. The van der Waals surface area contributed by atoms with Gasteiger partial charge in [0, 0.05) is 45.0 Å². The van der Waals surface area contributed by atoms with Crippen LogP contribution in [0.3, 0.4) is 0 Å². The Morgan fingerprint density at radius 3 is 2.52 bits per heavy atom. The summed E-state index contributed by atoms with van der Waals surface area (Å²) >= 11 is 0. The number of amides is 1. The molecule has 2 saturated heterocycles. The van der Waals surface area contributed by atoms with Gasteiger partial charge in [0.1, 0.15) is 0 Å². The van der Waals surface area contributed by atoms with Crippen LogP contribution in [0.15, 0.2) is 30.3 Å². The monoisotopic (exact) mass is 289 g/mol. The van der Waals surface area contributed by atoms with Crippen molar-refractivity contribution in [2.45, 2.75) is 12.5 Å². The van der Waals surface area contributed by atoms with E-state index >= 15 is 0 Å². The first kappa shape index (κ1) is 14.4. The van der Waals surface area contributed by atoms with E-state index in [1.54, 1.807) is 0 Å². The number of rotatable bonds is 2. The first-order valence-corrected chi connectivity index (χ1v) is 7.63. The van der Waals surface area contributed by atoms with E-state index in [-0.39, 0.29) is 5.91 Å². The zero-order valence-corrected chi connectivity index (χ0v) is 12.5. The van der Waals surface area contributed by atoms with Gasteiger partial charge in [-0.05, 0) is 19.1 Å². The van der Waals surface area contributed by atoms with E-state index in [2.05, 4.69) is 34.5 Å². The van der Waals surface area contributed by atoms with Gasteiger partial charge in [0.2, 0.25) is 0 Å². The largest absolute Gasteiger partial charge is 0.368 e. The Hall–Kier alpha value is -1.59. The van der Waals surface area contributed by atoms with Crippen molar-refractivity contribution < 1.29 is 9.53 Å². The van der Waals surface area contributed by atoms with E-state index in [1.807, 2.05) is 17.9 Å². The molecule has 1 amide bonds. The molecule has 0 bridgehead atoms. The number of ether oxygens (including phenoxy) is 1. The lowest BCUT2D eigenvalue weighted by Gasteiger charge is -2.41. The Morgan fingerprint density at radius 2 is 1.90 bits per heavy atom. The normalized spacial score (nSPS) is 26.7. The van der Waals surface area contributed by atoms with E-state index in [0.717, 1.165) is 32.7 Å². The standard InChI is InChI=1S/C16H23N3O2/c1-16(13-17-7-12-21-16)15(20)19-10-8-18(9-11-19)14-5-3-2-4-6-14/h2-6,17H,7-13H2,1H3/t16-/m1/s1. The molecule has 0 radical (unpaired) electrons. The third-order valence-electron chi connectivity index (χ3n) is 4.30. The van der Waals surface area contributed by atoms with Gasteiger partial charge in [-0.25, -0.2) is 0 Å². The van der Waals surface area contributed by atoms with Gasteiger partial charge < -0.3 is 19.9 Å². The van der Waals surface area contributed by atoms with Crippen LogP contribution < -0.4 is 10.2 Å². The summed E-state index contributed by atoms with van der Waals surface area (Å²) in [5, 5.41) is 3.25. The van der Waals surface area contributed by atoms with Gasteiger partial charge in [-0.15, -0.1) is 0 Å². The molecule has 1 aromatic carbocycles. The van der Waals surface area contributed by atoms with Crippen molar-refractivity contribution in [1.29, 1.82) is 0 Å². The van der Waals surface area contributed by atoms with E-state index in [0.29, 0.717) is 13.2 Å². The Labute approximate surface area is 125 Å². The number of piperazine rings is 1. The SMILES string of the molecule is C[C@]1(C(=O)N2CCN(c3ccccc3)CC2)CNCCO1. The van der Waals surface area contributed by atoms with Gasteiger partial charge in [-0.3, -0.25) is 4.79 Å². The predicted molar refractivity (Wildman–Crippen MR) is 82.5 cm³/mol. The highest BCUT2D eigenvalue weighted by molar-refractivity contribution is 5.85. The summed E-state index contributed by atoms with van der Waals surface area (Å²) < 4.78 is 5.72. The summed E-state index contributed by atoms with van der Waals surface area (Å²) in [5.74, 6) is 0.113. The van der Waals surface area contributed by atoms with Crippen LogP contribution in [0.2, 0.25) is 0 Å². The van der Waals surface area contributed by atoms with Gasteiger partial charge in [-0.2, -0.15) is 0 Å². The molecule has 2 aliphatic rings. The van der Waals surface area contributed by atoms with Crippen LogP contribution in [0.1, 0.15) is 6.92 Å². The number of para-hydroxylation sites is 1. The molecule has 0 aromatic heterocycles. The maximum absolute atomic E-state index is 12.7. The van der Waals surface area contributed by atoms with Gasteiger partial charge in [0.25, 0.3) is 5.91 Å². The number of nitrogens with zero attached hydrogens (tertiary/aromatic N) is 2. The van der Waals surface area contributed by atoms with Crippen LogP contribution in [0, 0.1) is 0 Å². The third kappa shape index (κ3) is 3.04.